The normalized spacial score (nSPS) is 17.6. The summed E-state index contributed by atoms with van der Waals surface area (Å²) in [5, 5.41) is 3.38. The van der Waals surface area contributed by atoms with Crippen LogP contribution in [0.25, 0.3) is 10.9 Å². The predicted molar refractivity (Wildman–Crippen MR) is 160 cm³/mol. The molecule has 5 rings (SSSR count). The van der Waals surface area contributed by atoms with Crippen LogP contribution < -0.4 is 10.1 Å². The van der Waals surface area contributed by atoms with E-state index in [-0.39, 0.29) is 36.8 Å². The van der Waals surface area contributed by atoms with Crippen LogP contribution in [0.5, 0.6) is 5.75 Å². The largest absolute Gasteiger partial charge is 0.483 e. The van der Waals surface area contributed by atoms with Gasteiger partial charge in [0.2, 0.25) is 5.91 Å². The third-order valence-corrected chi connectivity index (χ3v) is 8.26. The van der Waals surface area contributed by atoms with Crippen LogP contribution in [0.15, 0.2) is 24.3 Å². The van der Waals surface area contributed by atoms with Gasteiger partial charge in [0, 0.05) is 69.9 Å². The number of aryl methyl sites for hydroxylation is 1. The number of rotatable bonds is 10. The van der Waals surface area contributed by atoms with E-state index >= 15 is 0 Å². The SMILES string of the molecule is CCCCOC(=O)N1CCN(C(=O)CNC(=O)c2cc(OCC(=O)N3CCN(C4CC4)CC3)c3ccc(C)cc3n2)CC1. The Morgan fingerprint density at radius 2 is 1.58 bits per heavy atom. The third-order valence-electron chi connectivity index (χ3n) is 8.26. The molecule has 1 aromatic heterocycles. The predicted octanol–water partition coefficient (Wildman–Crippen LogP) is 2.04. The Labute approximate surface area is 252 Å². The number of unbranched alkanes of at least 4 members (excludes halogenated alkanes) is 1. The van der Waals surface area contributed by atoms with Gasteiger partial charge in [-0.1, -0.05) is 19.4 Å². The van der Waals surface area contributed by atoms with Gasteiger partial charge in [-0.2, -0.15) is 0 Å². The molecular weight excluding hydrogens is 552 g/mol. The van der Waals surface area contributed by atoms with Gasteiger partial charge in [0.1, 0.15) is 11.4 Å². The summed E-state index contributed by atoms with van der Waals surface area (Å²) in [4.78, 5) is 63.0. The molecule has 12 nitrogen and oxygen atoms in total. The molecule has 1 aliphatic carbocycles. The lowest BCUT2D eigenvalue weighted by Gasteiger charge is -2.34. The smallest absolute Gasteiger partial charge is 0.409 e. The van der Waals surface area contributed by atoms with Gasteiger partial charge < -0.3 is 29.5 Å². The van der Waals surface area contributed by atoms with Gasteiger partial charge in [0.25, 0.3) is 11.8 Å². The van der Waals surface area contributed by atoms with Gasteiger partial charge in [0.05, 0.1) is 18.7 Å². The number of nitrogens with one attached hydrogen (secondary N) is 1. The Hall–Kier alpha value is -3.93. The van der Waals surface area contributed by atoms with E-state index in [0.717, 1.165) is 31.5 Å². The highest BCUT2D eigenvalue weighted by atomic mass is 16.6. The van der Waals surface area contributed by atoms with Crippen LogP contribution in [0.1, 0.15) is 48.7 Å². The average molecular weight is 595 g/mol. The molecule has 12 heteroatoms. The van der Waals surface area contributed by atoms with E-state index in [1.807, 2.05) is 36.9 Å². The number of piperazine rings is 2. The lowest BCUT2D eigenvalue weighted by molar-refractivity contribution is -0.135. The van der Waals surface area contributed by atoms with E-state index in [0.29, 0.717) is 68.6 Å². The molecule has 2 aromatic rings. The molecule has 3 fully saturated rings. The quantitative estimate of drug-likeness (QED) is 0.415. The maximum absolute atomic E-state index is 13.1. The molecule has 0 atom stereocenters. The molecule has 1 aromatic carbocycles. The fourth-order valence-electron chi connectivity index (χ4n) is 5.44. The molecule has 3 aliphatic rings. The Kier molecular flexibility index (Phi) is 9.96. The number of hydrogen-bond acceptors (Lipinski definition) is 8. The number of hydrogen-bond donors (Lipinski definition) is 1. The third kappa shape index (κ3) is 7.92. The molecule has 1 N–H and O–H groups in total. The zero-order valence-electron chi connectivity index (χ0n) is 25.2. The van der Waals surface area contributed by atoms with Crippen LogP contribution in [0, 0.1) is 6.92 Å². The monoisotopic (exact) mass is 594 g/mol. The topological polar surface area (TPSA) is 125 Å². The van der Waals surface area contributed by atoms with E-state index in [9.17, 15) is 19.2 Å². The highest BCUT2D eigenvalue weighted by molar-refractivity contribution is 5.98. The molecular formula is C31H42N6O6. The number of benzene rings is 1. The summed E-state index contributed by atoms with van der Waals surface area (Å²) in [6, 6.07) is 7.88. The van der Waals surface area contributed by atoms with Gasteiger partial charge >= 0.3 is 6.09 Å². The minimum Gasteiger partial charge on any atom is -0.483 e. The molecule has 2 aliphatic heterocycles. The summed E-state index contributed by atoms with van der Waals surface area (Å²) in [5.74, 6) is -0.443. The molecule has 4 amide bonds. The number of nitrogens with zero attached hydrogens (tertiary/aromatic N) is 5. The molecule has 232 valence electrons. The molecule has 0 bridgehead atoms. The van der Waals surface area contributed by atoms with Crippen molar-refractivity contribution in [2.45, 2.75) is 45.6 Å². The maximum Gasteiger partial charge on any atom is 0.409 e. The number of pyridine rings is 1. The summed E-state index contributed by atoms with van der Waals surface area (Å²) in [7, 11) is 0. The number of carbonyl (C=O) groups is 4. The van der Waals surface area contributed by atoms with Gasteiger partial charge in [0.15, 0.2) is 6.61 Å². The van der Waals surface area contributed by atoms with E-state index in [1.165, 1.54) is 18.9 Å². The Balaban J connectivity index is 1.15. The molecule has 2 saturated heterocycles. The molecule has 0 spiro atoms. The van der Waals surface area contributed by atoms with Crippen LogP contribution in [0.2, 0.25) is 0 Å². The van der Waals surface area contributed by atoms with Gasteiger partial charge in [-0.05, 0) is 43.9 Å². The zero-order valence-corrected chi connectivity index (χ0v) is 25.2. The number of aromatic nitrogens is 1. The van der Waals surface area contributed by atoms with Crippen molar-refractivity contribution in [2.75, 3.05) is 72.1 Å². The second kappa shape index (κ2) is 14.0. The lowest BCUT2D eigenvalue weighted by Crippen LogP contribution is -2.52. The first-order valence-electron chi connectivity index (χ1n) is 15.4. The maximum atomic E-state index is 13.1. The Morgan fingerprint density at radius 1 is 0.907 bits per heavy atom. The van der Waals surface area contributed by atoms with Crippen LogP contribution in [0.3, 0.4) is 0 Å². The van der Waals surface area contributed by atoms with Crippen molar-refractivity contribution in [3.8, 4) is 5.75 Å². The number of carbonyl (C=O) groups excluding carboxylic acids is 4. The van der Waals surface area contributed by atoms with Crippen molar-refractivity contribution in [2.24, 2.45) is 0 Å². The highest BCUT2D eigenvalue weighted by Crippen LogP contribution is 2.28. The molecule has 0 radical (unpaired) electrons. The minimum atomic E-state index is -0.512. The molecule has 1 saturated carbocycles. The van der Waals surface area contributed by atoms with E-state index < -0.39 is 5.91 Å². The zero-order chi connectivity index (χ0) is 30.3. The molecule has 43 heavy (non-hydrogen) atoms. The van der Waals surface area contributed by atoms with E-state index in [2.05, 4.69) is 15.2 Å². The van der Waals surface area contributed by atoms with Crippen molar-refractivity contribution < 1.29 is 28.7 Å². The minimum absolute atomic E-state index is 0.0848. The first kappa shape index (κ1) is 30.5. The first-order valence-corrected chi connectivity index (χ1v) is 15.4. The number of ether oxygens (including phenoxy) is 2. The first-order chi connectivity index (χ1) is 20.8. The van der Waals surface area contributed by atoms with Crippen molar-refractivity contribution in [3.63, 3.8) is 0 Å². The van der Waals surface area contributed by atoms with Crippen molar-refractivity contribution >= 4 is 34.7 Å². The number of amides is 4. The summed E-state index contributed by atoms with van der Waals surface area (Å²) >= 11 is 0. The summed E-state index contributed by atoms with van der Waals surface area (Å²) in [6.45, 7) is 8.67. The highest BCUT2D eigenvalue weighted by Gasteiger charge is 2.32. The Morgan fingerprint density at radius 3 is 2.28 bits per heavy atom. The van der Waals surface area contributed by atoms with Gasteiger partial charge in [-0.25, -0.2) is 9.78 Å². The molecule has 3 heterocycles. The van der Waals surface area contributed by atoms with Gasteiger partial charge in [-0.15, -0.1) is 0 Å². The Bertz CT molecular complexity index is 1330. The van der Waals surface area contributed by atoms with Crippen LogP contribution in [0.4, 0.5) is 4.79 Å². The average Bonchev–Trinajstić information content (AvgIpc) is 3.88. The fraction of sp³-hybridized carbons (Fsp3) is 0.581. The standard InChI is InChI=1S/C31H42N6O6/c1-3-4-17-42-31(41)37-15-13-35(14-16-37)28(38)20-32-30(40)26-19-27(24-8-5-22(2)18-25(24)33-26)43-21-29(39)36-11-9-34(10-12-36)23-6-7-23/h5,8,18-19,23H,3-4,6-7,9-17,20-21H2,1-2H3,(H,32,40). The summed E-state index contributed by atoms with van der Waals surface area (Å²) in [6.07, 6.45) is 3.91. The van der Waals surface area contributed by atoms with Crippen molar-refractivity contribution in [1.82, 2.24) is 29.9 Å². The van der Waals surface area contributed by atoms with E-state index in [4.69, 9.17) is 9.47 Å². The van der Waals surface area contributed by atoms with E-state index in [1.54, 1.807) is 9.80 Å². The number of fused-ring (bicyclic) bond motifs is 1. The van der Waals surface area contributed by atoms with Crippen molar-refractivity contribution in [1.29, 1.82) is 0 Å². The van der Waals surface area contributed by atoms with Crippen molar-refractivity contribution in [3.05, 3.63) is 35.5 Å². The van der Waals surface area contributed by atoms with Crippen LogP contribution in [-0.2, 0) is 14.3 Å². The van der Waals surface area contributed by atoms with Crippen LogP contribution in [-0.4, -0.2) is 127 Å². The summed E-state index contributed by atoms with van der Waals surface area (Å²) < 4.78 is 11.2. The van der Waals surface area contributed by atoms with Crippen LogP contribution >= 0.6 is 0 Å². The second-order valence-electron chi connectivity index (χ2n) is 11.5. The lowest BCUT2D eigenvalue weighted by atomic mass is 10.1. The van der Waals surface area contributed by atoms with Gasteiger partial charge in [-0.3, -0.25) is 19.3 Å². The molecule has 0 unspecified atom stereocenters. The fourth-order valence-corrected chi connectivity index (χ4v) is 5.44. The summed E-state index contributed by atoms with van der Waals surface area (Å²) in [5.41, 5.74) is 1.64. The second-order valence-corrected chi connectivity index (χ2v) is 11.5.